The van der Waals surface area contributed by atoms with Crippen molar-refractivity contribution in [3.8, 4) is 0 Å². The van der Waals surface area contributed by atoms with E-state index in [1.807, 2.05) is 6.92 Å². The highest BCUT2D eigenvalue weighted by atomic mass is 35.5. The summed E-state index contributed by atoms with van der Waals surface area (Å²) >= 11 is 0. The minimum atomic E-state index is 0. The van der Waals surface area contributed by atoms with Gasteiger partial charge in [-0.1, -0.05) is 31.2 Å². The number of fused-ring (bicyclic) bond motifs is 2. The van der Waals surface area contributed by atoms with Crippen LogP contribution < -0.4 is 0 Å². The minimum absolute atomic E-state index is 0. The molecule has 3 nitrogen and oxygen atoms in total. The lowest BCUT2D eigenvalue weighted by Gasteiger charge is -2.64. The Morgan fingerprint density at radius 2 is 2.04 bits per heavy atom. The van der Waals surface area contributed by atoms with Gasteiger partial charge in [0.05, 0.1) is 12.5 Å². The number of halogens is 1. The summed E-state index contributed by atoms with van der Waals surface area (Å²) < 4.78 is 5.37. The number of esters is 1. The second-order valence-corrected chi connectivity index (χ2v) is 7.58. The summed E-state index contributed by atoms with van der Waals surface area (Å²) in [4.78, 5) is 14.9. The zero-order valence-corrected chi connectivity index (χ0v) is 15.6. The van der Waals surface area contributed by atoms with Gasteiger partial charge in [-0.15, -0.1) is 12.4 Å². The number of hydrogen-bond donors (Lipinski definition) is 0. The summed E-state index contributed by atoms with van der Waals surface area (Å²) in [6, 6.07) is 9.91. The fraction of sp³-hybridized carbons (Fsp3) is 0.650. The predicted molar refractivity (Wildman–Crippen MR) is 97.5 cm³/mol. The molecule has 132 valence electrons. The normalized spacial score (nSPS) is 36.6. The Hall–Kier alpha value is -1.06. The first-order valence-electron chi connectivity index (χ1n) is 9.09. The molecule has 0 aromatic heterocycles. The monoisotopic (exact) mass is 349 g/mol. The summed E-state index contributed by atoms with van der Waals surface area (Å²) in [6.45, 7) is 4.72. The molecule has 1 saturated carbocycles. The van der Waals surface area contributed by atoms with Crippen molar-refractivity contribution in [2.75, 3.05) is 13.7 Å². The topological polar surface area (TPSA) is 29.5 Å². The van der Waals surface area contributed by atoms with Gasteiger partial charge in [0, 0.05) is 17.5 Å². The van der Waals surface area contributed by atoms with Gasteiger partial charge in [-0.2, -0.15) is 0 Å². The average molecular weight is 350 g/mol. The summed E-state index contributed by atoms with van der Waals surface area (Å²) in [7, 11) is 2.22. The van der Waals surface area contributed by atoms with Gasteiger partial charge in [-0.05, 0) is 56.7 Å². The Morgan fingerprint density at radius 1 is 1.29 bits per heavy atom. The number of piperidine rings is 2. The van der Waals surface area contributed by atoms with E-state index in [-0.39, 0.29) is 29.7 Å². The second-order valence-electron chi connectivity index (χ2n) is 7.58. The Kier molecular flexibility index (Phi) is 4.69. The molecule has 4 heteroatoms. The van der Waals surface area contributed by atoms with Gasteiger partial charge >= 0.3 is 5.97 Å². The number of ether oxygens (including phenoxy) is 1. The van der Waals surface area contributed by atoms with Crippen molar-refractivity contribution in [1.82, 2.24) is 4.90 Å². The number of benzene rings is 1. The third kappa shape index (κ3) is 2.24. The molecule has 3 fully saturated rings. The van der Waals surface area contributed by atoms with E-state index >= 15 is 0 Å². The van der Waals surface area contributed by atoms with E-state index < -0.39 is 0 Å². The highest BCUT2D eigenvalue weighted by molar-refractivity contribution is 5.85. The van der Waals surface area contributed by atoms with Crippen molar-refractivity contribution in [1.29, 1.82) is 0 Å². The fourth-order valence-electron chi connectivity index (χ4n) is 5.91. The molecule has 0 amide bonds. The number of likely N-dealkylation sites (N-methyl/N-ethyl adjacent to an activating group) is 1. The SMILES string of the molecule is CCOC(=O)C1CC2C3Cc4ccccc4[C@]2(CC)CC1N3C.Cl. The summed E-state index contributed by atoms with van der Waals surface area (Å²) in [5, 5.41) is 0. The lowest BCUT2D eigenvalue weighted by Crippen LogP contribution is -2.69. The first kappa shape index (κ1) is 17.8. The van der Waals surface area contributed by atoms with Gasteiger partial charge in [0.1, 0.15) is 0 Å². The summed E-state index contributed by atoms with van der Waals surface area (Å²) in [6.07, 6.45) is 4.40. The molecule has 1 aromatic rings. The van der Waals surface area contributed by atoms with Crippen molar-refractivity contribution >= 4 is 18.4 Å². The lowest BCUT2D eigenvalue weighted by atomic mass is 9.48. The molecular weight excluding hydrogens is 322 g/mol. The molecule has 0 N–H and O–H groups in total. The molecule has 4 unspecified atom stereocenters. The van der Waals surface area contributed by atoms with Crippen molar-refractivity contribution in [2.45, 2.75) is 57.0 Å². The maximum atomic E-state index is 12.4. The Bertz CT molecular complexity index is 634. The number of carbonyl (C=O) groups excluding carboxylic acids is 1. The molecule has 2 aliphatic carbocycles. The number of rotatable bonds is 3. The van der Waals surface area contributed by atoms with Crippen LogP contribution in [0.3, 0.4) is 0 Å². The first-order valence-corrected chi connectivity index (χ1v) is 9.09. The van der Waals surface area contributed by atoms with E-state index in [1.54, 1.807) is 5.56 Å². The zero-order chi connectivity index (χ0) is 16.2. The first-order chi connectivity index (χ1) is 11.1. The minimum Gasteiger partial charge on any atom is -0.466 e. The standard InChI is InChI=1S/C20H27NO2.ClH/c1-4-20-12-18-14(19(22)23-5-2)11-16(20)17(21(18)3)10-13-8-6-7-9-15(13)20;/h6-9,14,16-18H,4-5,10-12H2,1-3H3;1H/t14?,16?,17?,18?,20-;/m0./s1. The maximum Gasteiger partial charge on any atom is 0.310 e. The van der Waals surface area contributed by atoms with Crippen molar-refractivity contribution < 1.29 is 9.53 Å². The highest BCUT2D eigenvalue weighted by Crippen LogP contribution is 2.59. The highest BCUT2D eigenvalue weighted by Gasteiger charge is 2.61. The summed E-state index contributed by atoms with van der Waals surface area (Å²) in [5.74, 6) is 0.657. The molecule has 0 radical (unpaired) electrons. The van der Waals surface area contributed by atoms with Crippen LogP contribution in [0.4, 0.5) is 0 Å². The molecule has 0 spiro atoms. The van der Waals surface area contributed by atoms with Crippen LogP contribution in [-0.4, -0.2) is 36.6 Å². The molecule has 4 aliphatic rings. The fourth-order valence-corrected chi connectivity index (χ4v) is 5.91. The van der Waals surface area contributed by atoms with E-state index in [0.29, 0.717) is 24.6 Å². The van der Waals surface area contributed by atoms with E-state index in [4.69, 9.17) is 4.74 Å². The van der Waals surface area contributed by atoms with Crippen molar-refractivity contribution in [3.05, 3.63) is 35.4 Å². The largest absolute Gasteiger partial charge is 0.466 e. The van der Waals surface area contributed by atoms with Gasteiger partial charge in [0.25, 0.3) is 0 Å². The third-order valence-corrected chi connectivity index (χ3v) is 6.97. The van der Waals surface area contributed by atoms with Gasteiger partial charge in [0.2, 0.25) is 0 Å². The second kappa shape index (κ2) is 6.34. The van der Waals surface area contributed by atoms with Crippen LogP contribution in [0, 0.1) is 11.8 Å². The van der Waals surface area contributed by atoms with E-state index in [9.17, 15) is 4.79 Å². The van der Waals surface area contributed by atoms with Gasteiger partial charge in [-0.25, -0.2) is 0 Å². The van der Waals surface area contributed by atoms with Crippen molar-refractivity contribution in [2.24, 2.45) is 11.8 Å². The number of hydrogen-bond acceptors (Lipinski definition) is 3. The molecule has 24 heavy (non-hydrogen) atoms. The number of nitrogens with zero attached hydrogens (tertiary/aromatic N) is 1. The van der Waals surface area contributed by atoms with Crippen LogP contribution in [0.1, 0.15) is 44.2 Å². The van der Waals surface area contributed by atoms with Gasteiger partial charge in [-0.3, -0.25) is 9.69 Å². The van der Waals surface area contributed by atoms with Crippen LogP contribution in [-0.2, 0) is 21.4 Å². The Labute approximate surface area is 151 Å². The van der Waals surface area contributed by atoms with E-state index in [0.717, 1.165) is 19.3 Å². The summed E-state index contributed by atoms with van der Waals surface area (Å²) in [5.41, 5.74) is 3.35. The number of carbonyl (C=O) groups is 1. The van der Waals surface area contributed by atoms with Gasteiger partial charge < -0.3 is 4.74 Å². The van der Waals surface area contributed by atoms with Crippen molar-refractivity contribution in [3.63, 3.8) is 0 Å². The van der Waals surface area contributed by atoms with E-state index in [1.165, 1.54) is 12.0 Å². The third-order valence-electron chi connectivity index (χ3n) is 6.97. The molecule has 4 bridgehead atoms. The molecular formula is C20H28ClNO2. The van der Waals surface area contributed by atoms with Crippen LogP contribution in [0.2, 0.25) is 0 Å². The Balaban J connectivity index is 0.00000169. The van der Waals surface area contributed by atoms with Crippen LogP contribution in [0.25, 0.3) is 0 Å². The smallest absolute Gasteiger partial charge is 0.310 e. The van der Waals surface area contributed by atoms with Crippen LogP contribution >= 0.6 is 12.4 Å². The average Bonchev–Trinajstić information content (AvgIpc) is 2.58. The van der Waals surface area contributed by atoms with Crippen LogP contribution in [0.5, 0.6) is 0 Å². The van der Waals surface area contributed by atoms with E-state index in [2.05, 4.69) is 43.1 Å². The van der Waals surface area contributed by atoms with Crippen LogP contribution in [0.15, 0.2) is 24.3 Å². The van der Waals surface area contributed by atoms with Gasteiger partial charge in [0.15, 0.2) is 0 Å². The molecule has 5 atom stereocenters. The molecule has 2 saturated heterocycles. The lowest BCUT2D eigenvalue weighted by molar-refractivity contribution is -0.165. The molecule has 2 aliphatic heterocycles. The maximum absolute atomic E-state index is 12.4. The quantitative estimate of drug-likeness (QED) is 0.781. The molecule has 5 rings (SSSR count). The molecule has 2 heterocycles. The molecule has 1 aromatic carbocycles. The predicted octanol–water partition coefficient (Wildman–Crippen LogP) is 3.58. The zero-order valence-electron chi connectivity index (χ0n) is 14.8. The Morgan fingerprint density at radius 3 is 2.75 bits per heavy atom.